The van der Waals surface area contributed by atoms with Gasteiger partial charge < -0.3 is 10.5 Å². The van der Waals surface area contributed by atoms with Crippen molar-refractivity contribution in [2.45, 2.75) is 5.75 Å². The molecule has 6 heteroatoms. The Morgan fingerprint density at radius 1 is 1.44 bits per heavy atom. The fourth-order valence-corrected chi connectivity index (χ4v) is 2.51. The van der Waals surface area contributed by atoms with Gasteiger partial charge >= 0.3 is 0 Å². The number of rotatable bonds is 5. The number of hydrogen-bond acceptors (Lipinski definition) is 4. The highest BCUT2D eigenvalue weighted by molar-refractivity contribution is 7.90. The van der Waals surface area contributed by atoms with Gasteiger partial charge in [-0.05, 0) is 23.8 Å². The maximum Gasteiger partial charge on any atom is 0.156 e. The van der Waals surface area contributed by atoms with E-state index in [0.29, 0.717) is 0 Å². The molecule has 0 amide bonds. The first-order chi connectivity index (χ1) is 7.44. The lowest BCUT2D eigenvalue weighted by atomic mass is 10.2. The Labute approximate surface area is 94.1 Å². The number of sulfone groups is 1. The van der Waals surface area contributed by atoms with Crippen molar-refractivity contribution in [2.24, 2.45) is 0 Å². The summed E-state index contributed by atoms with van der Waals surface area (Å²) in [5.74, 6) is -0.856. The number of benzene rings is 1. The molecule has 4 nitrogen and oxygen atoms in total. The Hall–Kier alpha value is -1.14. The number of nitrogens with two attached hydrogens (primary N) is 1. The van der Waals surface area contributed by atoms with Crippen molar-refractivity contribution in [1.29, 1.82) is 0 Å². The molecular formula is C10H14FNO3S. The largest absolute Gasteiger partial charge is 0.398 e. The summed E-state index contributed by atoms with van der Waals surface area (Å²) in [6.45, 7) is 0.123. The van der Waals surface area contributed by atoms with Crippen LogP contribution in [-0.4, -0.2) is 27.9 Å². The van der Waals surface area contributed by atoms with Crippen molar-refractivity contribution >= 4 is 15.5 Å². The Morgan fingerprint density at radius 3 is 2.75 bits per heavy atom. The van der Waals surface area contributed by atoms with Gasteiger partial charge in [0, 0.05) is 12.8 Å². The fraction of sp³-hybridized carbons (Fsp3) is 0.400. The molecule has 0 aliphatic carbocycles. The number of methoxy groups -OCH3 is 1. The summed E-state index contributed by atoms with van der Waals surface area (Å²) in [7, 11) is -1.89. The van der Waals surface area contributed by atoms with Crippen LogP contribution < -0.4 is 5.73 Å². The quantitative estimate of drug-likeness (QED) is 0.787. The van der Waals surface area contributed by atoms with E-state index < -0.39 is 15.7 Å². The molecule has 0 heterocycles. The van der Waals surface area contributed by atoms with Crippen molar-refractivity contribution in [2.75, 3.05) is 25.2 Å². The highest BCUT2D eigenvalue weighted by Gasteiger charge is 2.14. The van der Waals surface area contributed by atoms with Gasteiger partial charge in [-0.3, -0.25) is 0 Å². The van der Waals surface area contributed by atoms with E-state index in [0.717, 1.165) is 6.07 Å². The summed E-state index contributed by atoms with van der Waals surface area (Å²) < 4.78 is 40.7. The lowest BCUT2D eigenvalue weighted by molar-refractivity contribution is 0.217. The minimum Gasteiger partial charge on any atom is -0.398 e. The van der Waals surface area contributed by atoms with Gasteiger partial charge in [0.05, 0.1) is 18.1 Å². The molecule has 0 bridgehead atoms. The van der Waals surface area contributed by atoms with Crippen molar-refractivity contribution in [3.05, 3.63) is 29.6 Å². The van der Waals surface area contributed by atoms with Crippen molar-refractivity contribution < 1.29 is 17.5 Å². The summed E-state index contributed by atoms with van der Waals surface area (Å²) >= 11 is 0. The minimum atomic E-state index is -3.31. The first-order valence-electron chi connectivity index (χ1n) is 4.68. The lowest BCUT2D eigenvalue weighted by Crippen LogP contribution is -2.14. The van der Waals surface area contributed by atoms with E-state index in [2.05, 4.69) is 4.74 Å². The van der Waals surface area contributed by atoms with Crippen LogP contribution in [-0.2, 0) is 20.3 Å². The van der Waals surface area contributed by atoms with Gasteiger partial charge in [-0.1, -0.05) is 0 Å². The van der Waals surface area contributed by atoms with E-state index in [4.69, 9.17) is 5.73 Å². The number of nitrogen functional groups attached to an aromatic ring is 1. The molecule has 0 atom stereocenters. The SMILES string of the molecule is COCCS(=O)(=O)Cc1cc(F)ccc1N. The van der Waals surface area contributed by atoms with Crippen LogP contribution in [0, 0.1) is 5.82 Å². The third kappa shape index (κ3) is 3.79. The predicted octanol–water partition coefficient (Wildman–Crippen LogP) is 0.969. The monoisotopic (exact) mass is 247 g/mol. The van der Waals surface area contributed by atoms with Crippen LogP contribution in [0.25, 0.3) is 0 Å². The molecule has 0 spiro atoms. The number of halogens is 1. The van der Waals surface area contributed by atoms with Crippen LogP contribution in [0.3, 0.4) is 0 Å². The number of hydrogen-bond donors (Lipinski definition) is 1. The van der Waals surface area contributed by atoms with Crippen LogP contribution >= 0.6 is 0 Å². The van der Waals surface area contributed by atoms with E-state index in [1.807, 2.05) is 0 Å². The summed E-state index contributed by atoms with van der Waals surface area (Å²) in [6.07, 6.45) is 0. The average molecular weight is 247 g/mol. The molecule has 0 fully saturated rings. The zero-order valence-corrected chi connectivity index (χ0v) is 9.76. The van der Waals surface area contributed by atoms with E-state index in [1.54, 1.807) is 0 Å². The van der Waals surface area contributed by atoms with Crippen LogP contribution in [0.2, 0.25) is 0 Å². The van der Waals surface area contributed by atoms with Crippen LogP contribution in [0.4, 0.5) is 10.1 Å². The second-order valence-electron chi connectivity index (χ2n) is 3.43. The molecule has 16 heavy (non-hydrogen) atoms. The highest BCUT2D eigenvalue weighted by Crippen LogP contribution is 2.16. The predicted molar refractivity (Wildman–Crippen MR) is 60.2 cm³/mol. The van der Waals surface area contributed by atoms with Crippen molar-refractivity contribution in [1.82, 2.24) is 0 Å². The zero-order chi connectivity index (χ0) is 12.2. The van der Waals surface area contributed by atoms with Crippen LogP contribution in [0.5, 0.6) is 0 Å². The van der Waals surface area contributed by atoms with Crippen molar-refractivity contribution in [3.63, 3.8) is 0 Å². The molecule has 1 aromatic rings. The summed E-state index contributed by atoms with van der Waals surface area (Å²) in [6, 6.07) is 3.69. The van der Waals surface area contributed by atoms with Crippen molar-refractivity contribution in [3.8, 4) is 0 Å². The van der Waals surface area contributed by atoms with E-state index in [9.17, 15) is 12.8 Å². The van der Waals surface area contributed by atoms with E-state index in [1.165, 1.54) is 19.2 Å². The minimum absolute atomic E-state index is 0.0978. The standard InChI is InChI=1S/C10H14FNO3S/c1-15-4-5-16(13,14)7-8-6-9(11)2-3-10(8)12/h2-3,6H,4-5,7,12H2,1H3. The smallest absolute Gasteiger partial charge is 0.156 e. The molecular weight excluding hydrogens is 233 g/mol. The maximum absolute atomic E-state index is 12.9. The number of anilines is 1. The summed E-state index contributed by atoms with van der Waals surface area (Å²) in [5.41, 5.74) is 6.13. The molecule has 0 saturated heterocycles. The number of ether oxygens (including phenoxy) is 1. The molecule has 0 saturated carbocycles. The normalized spacial score (nSPS) is 11.6. The van der Waals surface area contributed by atoms with Gasteiger partial charge in [-0.25, -0.2) is 12.8 Å². The summed E-state index contributed by atoms with van der Waals surface area (Å²) in [4.78, 5) is 0. The average Bonchev–Trinajstić information content (AvgIpc) is 2.20. The van der Waals surface area contributed by atoms with Gasteiger partial charge in [0.2, 0.25) is 0 Å². The lowest BCUT2D eigenvalue weighted by Gasteiger charge is -2.06. The highest BCUT2D eigenvalue weighted by atomic mass is 32.2. The molecule has 0 aliphatic heterocycles. The Kier molecular flexibility index (Phi) is 4.26. The first-order valence-corrected chi connectivity index (χ1v) is 6.50. The van der Waals surface area contributed by atoms with Gasteiger partial charge in [0.1, 0.15) is 5.82 Å². The maximum atomic E-state index is 12.9. The van der Waals surface area contributed by atoms with Gasteiger partial charge in [-0.15, -0.1) is 0 Å². The molecule has 0 aliphatic rings. The van der Waals surface area contributed by atoms with Crippen LogP contribution in [0.15, 0.2) is 18.2 Å². The second-order valence-corrected chi connectivity index (χ2v) is 5.61. The van der Waals surface area contributed by atoms with Gasteiger partial charge in [0.25, 0.3) is 0 Å². The molecule has 0 radical (unpaired) electrons. The van der Waals surface area contributed by atoms with Gasteiger partial charge in [0.15, 0.2) is 9.84 Å². The molecule has 1 rings (SSSR count). The van der Waals surface area contributed by atoms with E-state index >= 15 is 0 Å². The van der Waals surface area contributed by atoms with Crippen LogP contribution in [0.1, 0.15) is 5.56 Å². The van der Waals surface area contributed by atoms with Gasteiger partial charge in [-0.2, -0.15) is 0 Å². The molecule has 1 aromatic carbocycles. The Bertz CT molecular complexity index is 459. The van der Waals surface area contributed by atoms with E-state index in [-0.39, 0.29) is 29.4 Å². The molecule has 2 N–H and O–H groups in total. The Morgan fingerprint density at radius 2 is 2.12 bits per heavy atom. The topological polar surface area (TPSA) is 69.4 Å². The molecule has 0 aromatic heterocycles. The fourth-order valence-electron chi connectivity index (χ4n) is 1.22. The summed E-state index contributed by atoms with van der Waals surface area (Å²) in [5, 5.41) is 0. The Balaban J connectivity index is 2.83. The molecule has 90 valence electrons. The molecule has 0 unspecified atom stereocenters. The second kappa shape index (κ2) is 5.27. The zero-order valence-electron chi connectivity index (χ0n) is 8.94. The first kappa shape index (κ1) is 12.9. The third-order valence-corrected chi connectivity index (χ3v) is 3.62. The third-order valence-electron chi connectivity index (χ3n) is 2.08.